The van der Waals surface area contributed by atoms with E-state index < -0.39 is 5.97 Å². The summed E-state index contributed by atoms with van der Waals surface area (Å²) in [5.41, 5.74) is 0. The van der Waals surface area contributed by atoms with E-state index in [-0.39, 0.29) is 19.7 Å². The molecule has 0 aromatic carbocycles. The highest BCUT2D eigenvalue weighted by atomic mass is 16.5. The molecule has 5 heteroatoms. The van der Waals surface area contributed by atoms with Gasteiger partial charge in [0.1, 0.15) is 6.61 Å². The van der Waals surface area contributed by atoms with Crippen LogP contribution in [-0.2, 0) is 14.3 Å². The topological polar surface area (TPSA) is 83.8 Å². The normalized spacial score (nSPS) is 7.00. The van der Waals surface area contributed by atoms with Crippen LogP contribution in [-0.4, -0.2) is 35.9 Å². The maximum Gasteiger partial charge on any atom is 0.330 e. The molecular formula is C6H10O5. The van der Waals surface area contributed by atoms with E-state index in [0.717, 1.165) is 6.08 Å². The van der Waals surface area contributed by atoms with Crippen LogP contribution in [0.15, 0.2) is 12.7 Å². The summed E-state index contributed by atoms with van der Waals surface area (Å²) >= 11 is 0. The lowest BCUT2D eigenvalue weighted by molar-refractivity contribution is -0.138. The Morgan fingerprint density at radius 3 is 2.36 bits per heavy atom. The fraction of sp³-hybridized carbons (Fsp3) is 0.333. The van der Waals surface area contributed by atoms with Crippen LogP contribution in [0, 0.1) is 0 Å². The number of rotatable bonds is 3. The molecule has 0 aromatic rings. The lowest BCUT2D eigenvalue weighted by Crippen LogP contribution is -2.04. The smallest absolute Gasteiger partial charge is 0.330 e. The number of esters is 1. The van der Waals surface area contributed by atoms with Crippen LogP contribution in [0.2, 0.25) is 0 Å². The van der Waals surface area contributed by atoms with E-state index in [2.05, 4.69) is 11.3 Å². The van der Waals surface area contributed by atoms with Crippen molar-refractivity contribution >= 4 is 12.4 Å². The summed E-state index contributed by atoms with van der Waals surface area (Å²) in [5, 5.41) is 15.0. The third kappa shape index (κ3) is 17.7. The minimum absolute atomic E-state index is 0.0465. The van der Waals surface area contributed by atoms with Crippen molar-refractivity contribution in [2.24, 2.45) is 0 Å². The first-order valence-electron chi connectivity index (χ1n) is 2.70. The highest BCUT2D eigenvalue weighted by Gasteiger charge is 1.90. The van der Waals surface area contributed by atoms with Crippen molar-refractivity contribution < 1.29 is 24.5 Å². The standard InChI is InChI=1S/C5H8O3.CH2O2/c1-2-5(7)8-4-3-6;2-1-3/h2,6H,1,3-4H2;1H,(H,2,3). The molecule has 0 radical (unpaired) electrons. The Kier molecular flexibility index (Phi) is 12.8. The van der Waals surface area contributed by atoms with E-state index in [0.29, 0.717) is 0 Å². The Balaban J connectivity index is 0. The van der Waals surface area contributed by atoms with Crippen molar-refractivity contribution in [2.75, 3.05) is 13.2 Å². The minimum atomic E-state index is -0.501. The SMILES string of the molecule is C=CC(=O)OCCO.O=CO. The molecule has 0 bridgehead atoms. The zero-order valence-corrected chi connectivity index (χ0v) is 5.90. The Morgan fingerprint density at radius 1 is 1.64 bits per heavy atom. The maximum atomic E-state index is 10.1. The molecule has 0 unspecified atom stereocenters. The summed E-state index contributed by atoms with van der Waals surface area (Å²) in [7, 11) is 0. The van der Waals surface area contributed by atoms with Crippen LogP contribution in [0.25, 0.3) is 0 Å². The van der Waals surface area contributed by atoms with Crippen molar-refractivity contribution in [1.82, 2.24) is 0 Å². The molecule has 0 fully saturated rings. The molecule has 0 aliphatic carbocycles. The second-order valence-electron chi connectivity index (χ2n) is 1.20. The van der Waals surface area contributed by atoms with Crippen molar-refractivity contribution in [2.45, 2.75) is 0 Å². The number of aliphatic hydroxyl groups excluding tert-OH is 1. The zero-order chi connectivity index (χ0) is 9.11. The van der Waals surface area contributed by atoms with E-state index in [9.17, 15) is 4.79 Å². The Morgan fingerprint density at radius 2 is 2.09 bits per heavy atom. The summed E-state index contributed by atoms with van der Waals surface area (Å²) in [6.07, 6.45) is 1.05. The van der Waals surface area contributed by atoms with E-state index >= 15 is 0 Å². The molecule has 2 N–H and O–H groups in total. The van der Waals surface area contributed by atoms with Gasteiger partial charge in [-0.2, -0.15) is 0 Å². The first kappa shape index (κ1) is 12.3. The average Bonchev–Trinajstić information content (AvgIpc) is 2.02. The number of carbonyl (C=O) groups excluding carboxylic acids is 1. The van der Waals surface area contributed by atoms with Gasteiger partial charge in [0.2, 0.25) is 0 Å². The molecule has 0 aliphatic rings. The summed E-state index contributed by atoms with van der Waals surface area (Å²) in [6, 6.07) is 0. The maximum absolute atomic E-state index is 10.1. The summed E-state index contributed by atoms with van der Waals surface area (Å²) in [4.78, 5) is 18.5. The predicted octanol–water partition coefficient (Wildman–Crippen LogP) is -0.591. The molecule has 0 spiro atoms. The van der Waals surface area contributed by atoms with Gasteiger partial charge < -0.3 is 14.9 Å². The quantitative estimate of drug-likeness (QED) is 0.329. The molecule has 0 aromatic heterocycles. The highest BCUT2D eigenvalue weighted by Crippen LogP contribution is 1.75. The second-order valence-corrected chi connectivity index (χ2v) is 1.20. The largest absolute Gasteiger partial charge is 0.483 e. The Hall–Kier alpha value is -1.36. The molecule has 64 valence electrons. The van der Waals surface area contributed by atoms with Gasteiger partial charge in [0, 0.05) is 6.08 Å². The Bertz CT molecular complexity index is 120. The van der Waals surface area contributed by atoms with E-state index in [1.165, 1.54) is 0 Å². The summed E-state index contributed by atoms with van der Waals surface area (Å²) in [5.74, 6) is -0.501. The van der Waals surface area contributed by atoms with Crippen molar-refractivity contribution in [3.63, 3.8) is 0 Å². The van der Waals surface area contributed by atoms with Crippen molar-refractivity contribution in [3.8, 4) is 0 Å². The van der Waals surface area contributed by atoms with Gasteiger partial charge >= 0.3 is 5.97 Å². The third-order valence-electron chi connectivity index (χ3n) is 0.502. The third-order valence-corrected chi connectivity index (χ3v) is 0.502. The molecule has 0 amide bonds. The minimum Gasteiger partial charge on any atom is -0.483 e. The summed E-state index contributed by atoms with van der Waals surface area (Å²) < 4.78 is 4.33. The molecule has 11 heavy (non-hydrogen) atoms. The number of hydrogen-bond acceptors (Lipinski definition) is 4. The van der Waals surface area contributed by atoms with Crippen LogP contribution in [0.1, 0.15) is 0 Å². The number of hydrogen-bond donors (Lipinski definition) is 2. The first-order valence-corrected chi connectivity index (χ1v) is 2.70. The molecule has 0 saturated heterocycles. The molecule has 5 nitrogen and oxygen atoms in total. The van der Waals surface area contributed by atoms with Crippen LogP contribution < -0.4 is 0 Å². The number of aliphatic hydroxyl groups is 1. The van der Waals surface area contributed by atoms with Crippen LogP contribution >= 0.6 is 0 Å². The van der Waals surface area contributed by atoms with Gasteiger partial charge in [-0.05, 0) is 0 Å². The fourth-order valence-electron chi connectivity index (χ4n) is 0.205. The summed E-state index contributed by atoms with van der Waals surface area (Å²) in [6.45, 7) is 2.81. The van der Waals surface area contributed by atoms with E-state index in [4.69, 9.17) is 15.0 Å². The first-order chi connectivity index (χ1) is 5.22. The molecule has 0 atom stereocenters. The zero-order valence-electron chi connectivity index (χ0n) is 5.90. The van der Waals surface area contributed by atoms with E-state index in [1.807, 2.05) is 0 Å². The van der Waals surface area contributed by atoms with Gasteiger partial charge in [0.05, 0.1) is 6.61 Å². The Labute approximate surface area is 63.9 Å². The molecule has 0 rings (SSSR count). The predicted molar refractivity (Wildman–Crippen MR) is 36.9 cm³/mol. The van der Waals surface area contributed by atoms with Gasteiger partial charge in [0.25, 0.3) is 6.47 Å². The molecular weight excluding hydrogens is 152 g/mol. The number of ether oxygens (including phenoxy) is 1. The van der Waals surface area contributed by atoms with Crippen molar-refractivity contribution in [3.05, 3.63) is 12.7 Å². The van der Waals surface area contributed by atoms with Crippen molar-refractivity contribution in [1.29, 1.82) is 0 Å². The number of carboxylic acid groups (broad SMARTS) is 1. The molecule has 0 aliphatic heterocycles. The lowest BCUT2D eigenvalue weighted by Gasteiger charge is -1.94. The monoisotopic (exact) mass is 162 g/mol. The molecule has 0 saturated carbocycles. The lowest BCUT2D eigenvalue weighted by atomic mass is 10.6. The van der Waals surface area contributed by atoms with E-state index in [1.54, 1.807) is 0 Å². The van der Waals surface area contributed by atoms with Gasteiger partial charge in [-0.1, -0.05) is 6.58 Å². The van der Waals surface area contributed by atoms with Gasteiger partial charge in [0.15, 0.2) is 0 Å². The highest BCUT2D eigenvalue weighted by molar-refractivity contribution is 5.81. The van der Waals surface area contributed by atoms with Crippen LogP contribution in [0.3, 0.4) is 0 Å². The van der Waals surface area contributed by atoms with Gasteiger partial charge in [-0.15, -0.1) is 0 Å². The number of carbonyl (C=O) groups is 2. The fourth-order valence-corrected chi connectivity index (χ4v) is 0.205. The van der Waals surface area contributed by atoms with Gasteiger partial charge in [-0.3, -0.25) is 4.79 Å². The van der Waals surface area contributed by atoms with Crippen LogP contribution in [0.4, 0.5) is 0 Å². The van der Waals surface area contributed by atoms with Gasteiger partial charge in [-0.25, -0.2) is 4.79 Å². The average molecular weight is 162 g/mol. The second kappa shape index (κ2) is 11.4. The van der Waals surface area contributed by atoms with Crippen LogP contribution in [0.5, 0.6) is 0 Å². The molecule has 0 heterocycles.